The Morgan fingerprint density at radius 1 is 1.24 bits per heavy atom. The van der Waals surface area contributed by atoms with Gasteiger partial charge in [-0.15, -0.1) is 0 Å². The molecular formula is C15H24O2. The summed E-state index contributed by atoms with van der Waals surface area (Å²) < 4.78 is 5.65. The highest BCUT2D eigenvalue weighted by Crippen LogP contribution is 2.34. The highest BCUT2D eigenvalue weighted by Gasteiger charge is 2.20. The molecule has 1 aromatic rings. The van der Waals surface area contributed by atoms with Crippen molar-refractivity contribution < 1.29 is 9.84 Å². The first kappa shape index (κ1) is 14.0. The Morgan fingerprint density at radius 2 is 1.88 bits per heavy atom. The minimum absolute atomic E-state index is 0.0218. The third kappa shape index (κ3) is 3.47. The first-order valence-electron chi connectivity index (χ1n) is 6.35. The van der Waals surface area contributed by atoms with Gasteiger partial charge in [-0.05, 0) is 42.0 Å². The zero-order valence-corrected chi connectivity index (χ0v) is 11.6. The molecule has 0 spiro atoms. The van der Waals surface area contributed by atoms with Crippen molar-refractivity contribution in [2.75, 3.05) is 6.61 Å². The van der Waals surface area contributed by atoms with E-state index >= 15 is 0 Å². The summed E-state index contributed by atoms with van der Waals surface area (Å²) in [6.07, 6.45) is 0.351. The Morgan fingerprint density at radius 3 is 2.35 bits per heavy atom. The molecule has 1 N–H and O–H groups in total. The molecule has 0 saturated heterocycles. The van der Waals surface area contributed by atoms with Crippen LogP contribution in [0.2, 0.25) is 0 Å². The Kier molecular flexibility index (Phi) is 4.58. The fourth-order valence-corrected chi connectivity index (χ4v) is 1.86. The number of aliphatic hydroxyl groups is 1. The third-order valence-electron chi connectivity index (χ3n) is 2.88. The van der Waals surface area contributed by atoms with Crippen LogP contribution in [-0.2, 0) is 5.41 Å². The molecule has 0 aliphatic carbocycles. The average molecular weight is 236 g/mol. The molecule has 1 unspecified atom stereocenters. The van der Waals surface area contributed by atoms with Gasteiger partial charge in [0.1, 0.15) is 5.75 Å². The summed E-state index contributed by atoms with van der Waals surface area (Å²) >= 11 is 0. The third-order valence-corrected chi connectivity index (χ3v) is 2.88. The van der Waals surface area contributed by atoms with E-state index in [4.69, 9.17) is 4.74 Å². The van der Waals surface area contributed by atoms with E-state index in [9.17, 15) is 5.11 Å². The zero-order chi connectivity index (χ0) is 13.1. The molecule has 1 atom stereocenters. The first-order chi connectivity index (χ1) is 7.90. The maximum absolute atomic E-state index is 9.90. The predicted molar refractivity (Wildman–Crippen MR) is 71.6 cm³/mol. The van der Waals surface area contributed by atoms with Crippen molar-refractivity contribution >= 4 is 0 Å². The molecule has 1 aromatic carbocycles. The van der Waals surface area contributed by atoms with Gasteiger partial charge < -0.3 is 9.84 Å². The molecule has 2 nitrogen and oxygen atoms in total. The van der Waals surface area contributed by atoms with Gasteiger partial charge in [0.15, 0.2) is 0 Å². The highest BCUT2D eigenvalue weighted by molar-refractivity contribution is 5.42. The van der Waals surface area contributed by atoms with Crippen LogP contribution in [0.25, 0.3) is 0 Å². The highest BCUT2D eigenvalue weighted by atomic mass is 16.5. The van der Waals surface area contributed by atoms with E-state index < -0.39 is 0 Å². The predicted octanol–water partition coefficient (Wildman–Crippen LogP) is 3.83. The molecule has 0 fully saturated rings. The zero-order valence-electron chi connectivity index (χ0n) is 11.6. The topological polar surface area (TPSA) is 29.5 Å². The SMILES string of the molecule is CCOc1ccc(C(O)CC)cc1C(C)(C)C. The summed E-state index contributed by atoms with van der Waals surface area (Å²) in [5.41, 5.74) is 2.15. The fourth-order valence-electron chi connectivity index (χ4n) is 1.86. The number of rotatable bonds is 4. The summed E-state index contributed by atoms with van der Waals surface area (Å²) in [7, 11) is 0. The monoisotopic (exact) mass is 236 g/mol. The van der Waals surface area contributed by atoms with Crippen molar-refractivity contribution in [3.05, 3.63) is 29.3 Å². The Labute approximate surface area is 105 Å². The van der Waals surface area contributed by atoms with E-state index in [-0.39, 0.29) is 11.5 Å². The van der Waals surface area contributed by atoms with Crippen LogP contribution in [-0.4, -0.2) is 11.7 Å². The van der Waals surface area contributed by atoms with Gasteiger partial charge >= 0.3 is 0 Å². The van der Waals surface area contributed by atoms with E-state index in [1.54, 1.807) is 0 Å². The summed E-state index contributed by atoms with van der Waals surface area (Å²) in [5.74, 6) is 0.923. The van der Waals surface area contributed by atoms with Gasteiger partial charge in [0.2, 0.25) is 0 Å². The van der Waals surface area contributed by atoms with Gasteiger partial charge in [0.25, 0.3) is 0 Å². The molecule has 1 rings (SSSR count). The van der Waals surface area contributed by atoms with Crippen LogP contribution < -0.4 is 4.74 Å². The maximum Gasteiger partial charge on any atom is 0.123 e. The number of hydrogen-bond acceptors (Lipinski definition) is 2. The summed E-state index contributed by atoms with van der Waals surface area (Å²) in [6, 6.07) is 5.99. The Bertz CT molecular complexity index is 364. The minimum Gasteiger partial charge on any atom is -0.494 e. The van der Waals surface area contributed by atoms with Crippen molar-refractivity contribution in [2.45, 2.75) is 52.6 Å². The van der Waals surface area contributed by atoms with Crippen molar-refractivity contribution in [3.63, 3.8) is 0 Å². The summed E-state index contributed by atoms with van der Waals surface area (Å²) in [6.45, 7) is 11.1. The Hall–Kier alpha value is -1.02. The van der Waals surface area contributed by atoms with E-state index in [1.807, 2.05) is 26.0 Å². The number of hydrogen-bond donors (Lipinski definition) is 1. The quantitative estimate of drug-likeness (QED) is 0.861. The lowest BCUT2D eigenvalue weighted by atomic mass is 9.84. The van der Waals surface area contributed by atoms with Crippen molar-refractivity contribution in [3.8, 4) is 5.75 Å². The first-order valence-corrected chi connectivity index (χ1v) is 6.35. The molecule has 0 radical (unpaired) electrons. The fraction of sp³-hybridized carbons (Fsp3) is 0.600. The van der Waals surface area contributed by atoms with E-state index in [0.717, 1.165) is 23.3 Å². The van der Waals surface area contributed by atoms with Crippen LogP contribution in [0.4, 0.5) is 0 Å². The molecule has 0 heterocycles. The van der Waals surface area contributed by atoms with Gasteiger partial charge in [-0.2, -0.15) is 0 Å². The number of ether oxygens (including phenoxy) is 1. The van der Waals surface area contributed by atoms with Crippen molar-refractivity contribution in [1.82, 2.24) is 0 Å². The molecule has 0 aromatic heterocycles. The summed E-state index contributed by atoms with van der Waals surface area (Å²) in [5, 5.41) is 9.90. The van der Waals surface area contributed by atoms with E-state index in [2.05, 4.69) is 26.8 Å². The normalized spacial score (nSPS) is 13.5. The average Bonchev–Trinajstić information content (AvgIpc) is 2.27. The standard InChI is InChI=1S/C15H24O2/c1-6-13(16)11-8-9-14(17-7-2)12(10-11)15(3,4)5/h8-10,13,16H,6-7H2,1-5H3. The lowest BCUT2D eigenvalue weighted by Crippen LogP contribution is -2.14. The molecule has 2 heteroatoms. The van der Waals surface area contributed by atoms with Crippen LogP contribution in [0, 0.1) is 0 Å². The lowest BCUT2D eigenvalue weighted by molar-refractivity contribution is 0.173. The maximum atomic E-state index is 9.90. The van der Waals surface area contributed by atoms with E-state index in [1.165, 1.54) is 0 Å². The van der Waals surface area contributed by atoms with Crippen LogP contribution in [0.15, 0.2) is 18.2 Å². The second-order valence-corrected chi connectivity index (χ2v) is 5.36. The van der Waals surface area contributed by atoms with E-state index in [0.29, 0.717) is 6.61 Å². The molecule has 96 valence electrons. The molecular weight excluding hydrogens is 212 g/mol. The van der Waals surface area contributed by atoms with Crippen LogP contribution in [0.3, 0.4) is 0 Å². The van der Waals surface area contributed by atoms with Crippen LogP contribution in [0.1, 0.15) is 58.3 Å². The molecule has 0 amide bonds. The van der Waals surface area contributed by atoms with Crippen molar-refractivity contribution in [2.24, 2.45) is 0 Å². The molecule has 0 saturated carbocycles. The molecule has 0 aliphatic heterocycles. The van der Waals surface area contributed by atoms with Crippen LogP contribution in [0.5, 0.6) is 5.75 Å². The Balaban J connectivity index is 3.19. The van der Waals surface area contributed by atoms with Gasteiger partial charge in [0.05, 0.1) is 12.7 Å². The van der Waals surface area contributed by atoms with Gasteiger partial charge in [0, 0.05) is 0 Å². The van der Waals surface area contributed by atoms with Crippen LogP contribution >= 0.6 is 0 Å². The molecule has 0 bridgehead atoms. The van der Waals surface area contributed by atoms with Crippen molar-refractivity contribution in [1.29, 1.82) is 0 Å². The number of benzene rings is 1. The molecule has 17 heavy (non-hydrogen) atoms. The smallest absolute Gasteiger partial charge is 0.123 e. The second kappa shape index (κ2) is 5.54. The summed E-state index contributed by atoms with van der Waals surface area (Å²) in [4.78, 5) is 0. The number of aliphatic hydroxyl groups excluding tert-OH is 1. The second-order valence-electron chi connectivity index (χ2n) is 5.36. The van der Waals surface area contributed by atoms with Gasteiger partial charge in [-0.1, -0.05) is 33.8 Å². The largest absolute Gasteiger partial charge is 0.494 e. The molecule has 0 aliphatic rings. The minimum atomic E-state index is -0.383. The lowest BCUT2D eigenvalue weighted by Gasteiger charge is -2.24. The van der Waals surface area contributed by atoms with Gasteiger partial charge in [-0.3, -0.25) is 0 Å². The van der Waals surface area contributed by atoms with Gasteiger partial charge in [-0.25, -0.2) is 0 Å².